The minimum atomic E-state index is -4.66. The molecule has 0 aliphatic carbocycles. The van der Waals surface area contributed by atoms with Gasteiger partial charge < -0.3 is 16.2 Å². The molecule has 0 aliphatic rings. The van der Waals surface area contributed by atoms with E-state index in [-0.39, 0.29) is 35.9 Å². The molecule has 0 radical (unpaired) electrons. The Balaban J connectivity index is 2.42. The molecule has 2 aromatic rings. The minimum absolute atomic E-state index is 0.0661. The standard InChI is InChI=1S/C17H17F6N5O/c18-16(19,20)10-1-4-12(5-2-10)26-14-6-3-11(17(21,22)23)9-13(14)15(24)27-28(25)7-8-29/h1-6,9,26,29H,7-8,25H2,(H2,24,27). The van der Waals surface area contributed by atoms with E-state index < -0.39 is 23.5 Å². The summed E-state index contributed by atoms with van der Waals surface area (Å²) in [6, 6.07) is 6.50. The Morgan fingerprint density at radius 3 is 2.03 bits per heavy atom. The zero-order valence-electron chi connectivity index (χ0n) is 14.7. The van der Waals surface area contributed by atoms with E-state index in [0.29, 0.717) is 0 Å². The number of aliphatic hydroxyl groups is 1. The topological polar surface area (TPSA) is 99.9 Å². The molecule has 0 heterocycles. The van der Waals surface area contributed by atoms with Crippen molar-refractivity contribution in [2.75, 3.05) is 18.5 Å². The highest BCUT2D eigenvalue weighted by molar-refractivity contribution is 6.03. The molecule has 0 amide bonds. The molecule has 0 fully saturated rings. The summed E-state index contributed by atoms with van der Waals surface area (Å²) in [6.45, 7) is -0.492. The number of hydrazone groups is 1. The van der Waals surface area contributed by atoms with Crippen molar-refractivity contribution >= 4 is 17.2 Å². The van der Waals surface area contributed by atoms with Crippen molar-refractivity contribution in [1.29, 1.82) is 0 Å². The van der Waals surface area contributed by atoms with Gasteiger partial charge in [-0.25, -0.2) is 11.0 Å². The molecule has 0 aliphatic heterocycles. The van der Waals surface area contributed by atoms with Gasteiger partial charge in [-0.3, -0.25) is 0 Å². The number of halogens is 6. The van der Waals surface area contributed by atoms with E-state index in [1.165, 1.54) is 0 Å². The number of hydrazine groups is 1. The number of nitrogens with two attached hydrogens (primary N) is 2. The number of anilines is 2. The number of amidine groups is 1. The van der Waals surface area contributed by atoms with E-state index >= 15 is 0 Å². The van der Waals surface area contributed by atoms with Crippen LogP contribution in [0.5, 0.6) is 0 Å². The highest BCUT2D eigenvalue weighted by atomic mass is 19.4. The summed E-state index contributed by atoms with van der Waals surface area (Å²) >= 11 is 0. The molecule has 0 spiro atoms. The first-order valence-corrected chi connectivity index (χ1v) is 8.05. The number of aliphatic hydroxyl groups excluding tert-OH is 1. The van der Waals surface area contributed by atoms with Gasteiger partial charge in [-0.05, 0) is 42.5 Å². The Morgan fingerprint density at radius 1 is 0.966 bits per heavy atom. The number of hydrogen-bond donors (Lipinski definition) is 4. The minimum Gasteiger partial charge on any atom is -0.394 e. The van der Waals surface area contributed by atoms with Crippen LogP contribution in [0.4, 0.5) is 37.7 Å². The molecule has 12 heteroatoms. The third-order valence-corrected chi connectivity index (χ3v) is 3.68. The van der Waals surface area contributed by atoms with E-state index in [2.05, 4.69) is 10.4 Å². The van der Waals surface area contributed by atoms with Gasteiger partial charge in [-0.15, -0.1) is 5.10 Å². The zero-order valence-corrected chi connectivity index (χ0v) is 14.7. The van der Waals surface area contributed by atoms with Crippen molar-refractivity contribution in [2.45, 2.75) is 12.4 Å². The van der Waals surface area contributed by atoms with Gasteiger partial charge in [0.2, 0.25) is 0 Å². The van der Waals surface area contributed by atoms with Gasteiger partial charge in [0.15, 0.2) is 5.84 Å². The lowest BCUT2D eigenvalue weighted by Gasteiger charge is -2.17. The van der Waals surface area contributed by atoms with Gasteiger partial charge in [0.25, 0.3) is 0 Å². The van der Waals surface area contributed by atoms with Gasteiger partial charge in [0.1, 0.15) is 0 Å². The van der Waals surface area contributed by atoms with E-state index in [9.17, 15) is 26.3 Å². The molecule has 0 saturated carbocycles. The second-order valence-corrected chi connectivity index (χ2v) is 5.83. The smallest absolute Gasteiger partial charge is 0.394 e. The van der Waals surface area contributed by atoms with Crippen LogP contribution in [0.25, 0.3) is 0 Å². The highest BCUT2D eigenvalue weighted by Gasteiger charge is 2.32. The maximum atomic E-state index is 13.1. The molecule has 6 N–H and O–H groups in total. The van der Waals surface area contributed by atoms with Gasteiger partial charge in [-0.1, -0.05) is 0 Å². The summed E-state index contributed by atoms with van der Waals surface area (Å²) in [5, 5.41) is 16.0. The molecule has 0 unspecified atom stereocenters. The lowest BCUT2D eigenvalue weighted by atomic mass is 10.1. The SMILES string of the molecule is N/C(=N\N(N)CCO)c1cc(C(F)(F)F)ccc1Nc1ccc(C(F)(F)F)cc1. The lowest BCUT2D eigenvalue weighted by molar-refractivity contribution is -0.138. The Bertz CT molecular complexity index is 864. The summed E-state index contributed by atoms with van der Waals surface area (Å²) in [6.07, 6.45) is -9.18. The maximum Gasteiger partial charge on any atom is 0.416 e. The Morgan fingerprint density at radius 2 is 1.52 bits per heavy atom. The number of alkyl halides is 6. The second kappa shape index (κ2) is 8.57. The number of benzene rings is 2. The summed E-state index contributed by atoms with van der Waals surface area (Å²) in [7, 11) is 0. The zero-order chi connectivity index (χ0) is 21.8. The highest BCUT2D eigenvalue weighted by Crippen LogP contribution is 2.34. The predicted molar refractivity (Wildman–Crippen MR) is 94.9 cm³/mol. The predicted octanol–water partition coefficient (Wildman–Crippen LogP) is 3.26. The fraction of sp³-hybridized carbons (Fsp3) is 0.235. The fourth-order valence-electron chi connectivity index (χ4n) is 2.28. The molecule has 0 bridgehead atoms. The van der Waals surface area contributed by atoms with Crippen LogP contribution in [-0.2, 0) is 12.4 Å². The van der Waals surface area contributed by atoms with E-state index in [1.807, 2.05) is 0 Å². The number of hydrogen-bond acceptors (Lipinski definition) is 5. The second-order valence-electron chi connectivity index (χ2n) is 5.83. The molecule has 2 aromatic carbocycles. The quantitative estimate of drug-likeness (QED) is 0.189. The molecule has 29 heavy (non-hydrogen) atoms. The van der Waals surface area contributed by atoms with Crippen molar-refractivity contribution < 1.29 is 31.4 Å². The van der Waals surface area contributed by atoms with Crippen LogP contribution in [0.3, 0.4) is 0 Å². The van der Waals surface area contributed by atoms with Crippen molar-refractivity contribution in [3.05, 3.63) is 59.2 Å². The first-order chi connectivity index (χ1) is 13.4. The summed E-state index contributed by atoms with van der Waals surface area (Å²) in [4.78, 5) is 0. The van der Waals surface area contributed by atoms with Crippen LogP contribution in [0.2, 0.25) is 0 Å². The molecule has 2 rings (SSSR count). The molecule has 0 saturated heterocycles. The number of rotatable bonds is 6. The Labute approximate surface area is 161 Å². The van der Waals surface area contributed by atoms with Crippen LogP contribution in [0, 0.1) is 0 Å². The maximum absolute atomic E-state index is 13.1. The largest absolute Gasteiger partial charge is 0.416 e. The van der Waals surface area contributed by atoms with Crippen LogP contribution >= 0.6 is 0 Å². The summed E-state index contributed by atoms with van der Waals surface area (Å²) < 4.78 is 77.2. The van der Waals surface area contributed by atoms with Crippen molar-refractivity contribution in [2.24, 2.45) is 16.7 Å². The summed E-state index contributed by atoms with van der Waals surface area (Å²) in [5.41, 5.74) is 3.96. The Hall–Kier alpha value is -2.99. The fourth-order valence-corrected chi connectivity index (χ4v) is 2.28. The normalized spacial score (nSPS) is 12.8. The number of nitrogens with zero attached hydrogens (tertiary/aromatic N) is 2. The molecular formula is C17H17F6N5O. The van der Waals surface area contributed by atoms with Gasteiger partial charge >= 0.3 is 12.4 Å². The molecule has 158 valence electrons. The molecule has 6 nitrogen and oxygen atoms in total. The van der Waals surface area contributed by atoms with Crippen LogP contribution in [-0.4, -0.2) is 29.2 Å². The molecule has 0 atom stereocenters. The third kappa shape index (κ3) is 5.99. The van der Waals surface area contributed by atoms with E-state index in [4.69, 9.17) is 16.7 Å². The van der Waals surface area contributed by atoms with Crippen LogP contribution in [0.1, 0.15) is 16.7 Å². The first-order valence-electron chi connectivity index (χ1n) is 8.05. The average molecular weight is 421 g/mol. The molecule has 0 aromatic heterocycles. The average Bonchev–Trinajstić information content (AvgIpc) is 2.61. The third-order valence-electron chi connectivity index (χ3n) is 3.68. The van der Waals surface area contributed by atoms with Crippen molar-refractivity contribution in [3.63, 3.8) is 0 Å². The summed E-state index contributed by atoms with van der Waals surface area (Å²) in [5.74, 6) is 5.08. The van der Waals surface area contributed by atoms with Crippen LogP contribution in [0.15, 0.2) is 47.6 Å². The Kier molecular flexibility index (Phi) is 6.59. The van der Waals surface area contributed by atoms with Gasteiger partial charge in [0.05, 0.1) is 24.3 Å². The van der Waals surface area contributed by atoms with Gasteiger partial charge in [0, 0.05) is 16.9 Å². The first kappa shape index (κ1) is 22.3. The molecular weight excluding hydrogens is 404 g/mol. The van der Waals surface area contributed by atoms with Crippen molar-refractivity contribution in [1.82, 2.24) is 5.12 Å². The lowest BCUT2D eigenvalue weighted by Crippen LogP contribution is -2.32. The monoisotopic (exact) mass is 421 g/mol. The van der Waals surface area contributed by atoms with E-state index in [1.54, 1.807) is 0 Å². The van der Waals surface area contributed by atoms with Crippen LogP contribution < -0.4 is 16.9 Å². The van der Waals surface area contributed by atoms with E-state index in [0.717, 1.165) is 47.6 Å². The van der Waals surface area contributed by atoms with Crippen molar-refractivity contribution in [3.8, 4) is 0 Å². The van der Waals surface area contributed by atoms with Gasteiger partial charge in [-0.2, -0.15) is 26.3 Å². The number of nitrogens with one attached hydrogen (secondary N) is 1.